The van der Waals surface area contributed by atoms with Gasteiger partial charge < -0.3 is 0 Å². The molecule has 0 aliphatic rings. The minimum atomic E-state index is -0.505. The van der Waals surface area contributed by atoms with Crippen molar-refractivity contribution >= 4 is 38.6 Å². The van der Waals surface area contributed by atoms with E-state index in [-0.39, 0.29) is 5.69 Å². The molecule has 2 aromatic carbocycles. The SMILES string of the molecule is Fc1ccc(F)c(-n2c(CCCl)nc3cc(Br)ccc32)c1. The van der Waals surface area contributed by atoms with Gasteiger partial charge >= 0.3 is 0 Å². The Balaban J connectivity index is 2.33. The molecule has 0 aliphatic heterocycles. The highest BCUT2D eigenvalue weighted by atomic mass is 79.9. The van der Waals surface area contributed by atoms with Crippen LogP contribution in [0.4, 0.5) is 8.78 Å². The molecule has 0 amide bonds. The zero-order valence-electron chi connectivity index (χ0n) is 10.8. The maximum Gasteiger partial charge on any atom is 0.147 e. The molecule has 0 fully saturated rings. The van der Waals surface area contributed by atoms with E-state index in [0.29, 0.717) is 29.2 Å². The second-order valence-electron chi connectivity index (χ2n) is 4.53. The van der Waals surface area contributed by atoms with Gasteiger partial charge in [-0.05, 0) is 30.3 Å². The molecule has 0 unspecified atom stereocenters. The molecule has 0 aliphatic carbocycles. The van der Waals surface area contributed by atoms with Gasteiger partial charge in [0.15, 0.2) is 0 Å². The Morgan fingerprint density at radius 3 is 2.71 bits per heavy atom. The highest BCUT2D eigenvalue weighted by molar-refractivity contribution is 9.10. The zero-order valence-corrected chi connectivity index (χ0v) is 13.1. The van der Waals surface area contributed by atoms with Crippen molar-refractivity contribution in [2.75, 3.05) is 5.88 Å². The lowest BCUT2D eigenvalue weighted by Gasteiger charge is -2.10. The molecule has 0 bridgehead atoms. The molecule has 0 spiro atoms. The van der Waals surface area contributed by atoms with Gasteiger partial charge in [0.2, 0.25) is 0 Å². The molecular weight excluding hydrogens is 362 g/mol. The third kappa shape index (κ3) is 2.68. The number of nitrogens with zero attached hydrogens (tertiary/aromatic N) is 2. The van der Waals surface area contributed by atoms with E-state index >= 15 is 0 Å². The summed E-state index contributed by atoms with van der Waals surface area (Å²) in [6.45, 7) is 0. The molecule has 0 saturated heterocycles. The summed E-state index contributed by atoms with van der Waals surface area (Å²) in [6.07, 6.45) is 0.462. The first-order chi connectivity index (χ1) is 10.1. The van der Waals surface area contributed by atoms with Crippen LogP contribution in [0.2, 0.25) is 0 Å². The van der Waals surface area contributed by atoms with Crippen LogP contribution in [-0.4, -0.2) is 15.4 Å². The molecule has 108 valence electrons. The first-order valence-corrected chi connectivity index (χ1v) is 7.61. The number of fused-ring (bicyclic) bond motifs is 1. The highest BCUT2D eigenvalue weighted by Crippen LogP contribution is 2.26. The second-order valence-corrected chi connectivity index (χ2v) is 5.82. The summed E-state index contributed by atoms with van der Waals surface area (Å²) in [7, 11) is 0. The van der Waals surface area contributed by atoms with E-state index in [1.54, 1.807) is 4.57 Å². The Labute approximate surface area is 133 Å². The van der Waals surface area contributed by atoms with Crippen LogP contribution in [0, 0.1) is 11.6 Å². The molecule has 2 nitrogen and oxygen atoms in total. The number of aromatic nitrogens is 2. The molecule has 0 atom stereocenters. The Bertz CT molecular complexity index is 817. The van der Waals surface area contributed by atoms with Crippen molar-refractivity contribution in [1.29, 1.82) is 0 Å². The first-order valence-electron chi connectivity index (χ1n) is 6.28. The molecule has 1 aromatic heterocycles. The minimum absolute atomic E-state index is 0.139. The standard InChI is InChI=1S/C15H10BrClF2N2/c16-9-1-4-13-12(7-9)20-15(5-6-17)21(13)14-8-10(18)2-3-11(14)19/h1-4,7-8H,5-6H2. The van der Waals surface area contributed by atoms with Crippen LogP contribution >= 0.6 is 27.5 Å². The number of aryl methyl sites for hydroxylation is 1. The van der Waals surface area contributed by atoms with Crippen LogP contribution in [-0.2, 0) is 6.42 Å². The lowest BCUT2D eigenvalue weighted by Crippen LogP contribution is -2.05. The van der Waals surface area contributed by atoms with Gasteiger partial charge in [-0.25, -0.2) is 13.8 Å². The summed E-state index contributed by atoms with van der Waals surface area (Å²) in [4.78, 5) is 4.47. The van der Waals surface area contributed by atoms with Crippen LogP contribution in [0.1, 0.15) is 5.82 Å². The van der Waals surface area contributed by atoms with E-state index in [1.807, 2.05) is 18.2 Å². The molecular formula is C15H10BrClF2N2. The van der Waals surface area contributed by atoms with Gasteiger partial charge in [0.25, 0.3) is 0 Å². The lowest BCUT2D eigenvalue weighted by atomic mass is 10.2. The van der Waals surface area contributed by atoms with Crippen LogP contribution in [0.15, 0.2) is 40.9 Å². The predicted octanol–water partition coefficient (Wildman–Crippen LogP) is 4.85. The van der Waals surface area contributed by atoms with Gasteiger partial charge in [0, 0.05) is 22.8 Å². The molecule has 1 heterocycles. The third-order valence-corrected chi connectivity index (χ3v) is 3.84. The van der Waals surface area contributed by atoms with Gasteiger partial charge in [-0.15, -0.1) is 11.6 Å². The van der Waals surface area contributed by atoms with Gasteiger partial charge in [0.1, 0.15) is 17.5 Å². The van der Waals surface area contributed by atoms with E-state index < -0.39 is 11.6 Å². The molecule has 0 N–H and O–H groups in total. The summed E-state index contributed by atoms with van der Waals surface area (Å²) >= 11 is 9.17. The summed E-state index contributed by atoms with van der Waals surface area (Å²) < 4.78 is 30.1. The van der Waals surface area contributed by atoms with Crippen molar-refractivity contribution in [2.24, 2.45) is 0 Å². The van der Waals surface area contributed by atoms with Crippen molar-refractivity contribution in [1.82, 2.24) is 9.55 Å². The van der Waals surface area contributed by atoms with Crippen LogP contribution in [0.5, 0.6) is 0 Å². The van der Waals surface area contributed by atoms with Crippen molar-refractivity contribution < 1.29 is 8.78 Å². The lowest BCUT2D eigenvalue weighted by molar-refractivity contribution is 0.592. The molecule has 3 rings (SSSR count). The maximum absolute atomic E-state index is 14.1. The number of benzene rings is 2. The number of hydrogen-bond donors (Lipinski definition) is 0. The third-order valence-electron chi connectivity index (χ3n) is 3.15. The minimum Gasteiger partial charge on any atom is -0.293 e. The van der Waals surface area contributed by atoms with Crippen molar-refractivity contribution in [3.8, 4) is 5.69 Å². The van der Waals surface area contributed by atoms with Gasteiger partial charge in [-0.1, -0.05) is 15.9 Å². The van der Waals surface area contributed by atoms with Crippen molar-refractivity contribution in [2.45, 2.75) is 6.42 Å². The van der Waals surface area contributed by atoms with Gasteiger partial charge in [-0.2, -0.15) is 0 Å². The zero-order chi connectivity index (χ0) is 15.0. The molecule has 3 aromatic rings. The normalized spacial score (nSPS) is 11.2. The van der Waals surface area contributed by atoms with E-state index in [2.05, 4.69) is 20.9 Å². The van der Waals surface area contributed by atoms with E-state index in [0.717, 1.165) is 22.7 Å². The average molecular weight is 372 g/mol. The smallest absolute Gasteiger partial charge is 0.147 e. The predicted molar refractivity (Wildman–Crippen MR) is 83.1 cm³/mol. The molecule has 21 heavy (non-hydrogen) atoms. The Kier molecular flexibility index (Phi) is 3.95. The summed E-state index contributed by atoms with van der Waals surface area (Å²) in [6, 6.07) is 8.85. The summed E-state index contributed by atoms with van der Waals surface area (Å²) in [5.74, 6) is -0.0549. The first kappa shape index (κ1) is 14.5. The quantitative estimate of drug-likeness (QED) is 0.602. The molecule has 0 radical (unpaired) electrons. The van der Waals surface area contributed by atoms with E-state index in [4.69, 9.17) is 11.6 Å². The van der Waals surface area contributed by atoms with Crippen LogP contribution < -0.4 is 0 Å². The topological polar surface area (TPSA) is 17.8 Å². The van der Waals surface area contributed by atoms with E-state index in [1.165, 1.54) is 0 Å². The summed E-state index contributed by atoms with van der Waals surface area (Å²) in [5.41, 5.74) is 1.55. The van der Waals surface area contributed by atoms with Crippen LogP contribution in [0.25, 0.3) is 16.7 Å². The monoisotopic (exact) mass is 370 g/mol. The summed E-state index contributed by atoms with van der Waals surface area (Å²) in [5, 5.41) is 0. The number of imidazole rings is 1. The maximum atomic E-state index is 14.1. The molecule has 0 saturated carbocycles. The van der Waals surface area contributed by atoms with Crippen molar-refractivity contribution in [3.63, 3.8) is 0 Å². The number of alkyl halides is 1. The molecule has 6 heteroatoms. The number of hydrogen-bond acceptors (Lipinski definition) is 1. The van der Waals surface area contributed by atoms with Gasteiger partial charge in [-0.3, -0.25) is 4.57 Å². The highest BCUT2D eigenvalue weighted by Gasteiger charge is 2.16. The Morgan fingerprint density at radius 2 is 1.95 bits per heavy atom. The fraction of sp³-hybridized carbons (Fsp3) is 0.133. The van der Waals surface area contributed by atoms with Crippen molar-refractivity contribution in [3.05, 3.63) is 58.3 Å². The fourth-order valence-electron chi connectivity index (χ4n) is 2.28. The number of rotatable bonds is 3. The van der Waals surface area contributed by atoms with E-state index in [9.17, 15) is 8.78 Å². The average Bonchev–Trinajstić information content (AvgIpc) is 2.79. The second kappa shape index (κ2) is 5.73. The Hall–Kier alpha value is -1.46. The fourth-order valence-corrected chi connectivity index (χ4v) is 2.80. The number of halogens is 4. The largest absolute Gasteiger partial charge is 0.293 e. The van der Waals surface area contributed by atoms with Crippen LogP contribution in [0.3, 0.4) is 0 Å². The van der Waals surface area contributed by atoms with Gasteiger partial charge in [0.05, 0.1) is 16.7 Å². The Morgan fingerprint density at radius 1 is 1.14 bits per heavy atom.